The topological polar surface area (TPSA) is 22.1 Å². The number of aromatic nitrogens is 1. The Labute approximate surface area is 67.2 Å². The summed E-state index contributed by atoms with van der Waals surface area (Å²) >= 11 is 0. The van der Waals surface area contributed by atoms with Crippen LogP contribution in [0, 0.1) is 6.92 Å². The number of pyridine rings is 1. The highest BCUT2D eigenvalue weighted by molar-refractivity contribution is 5.11. The highest BCUT2D eigenvalue weighted by atomic mass is 16.5. The first-order chi connectivity index (χ1) is 5.33. The van der Waals surface area contributed by atoms with Crippen molar-refractivity contribution in [3.8, 4) is 0 Å². The average molecular weight is 151 g/mol. The maximum Gasteiger partial charge on any atom is 0.0887 e. The third-order valence-electron chi connectivity index (χ3n) is 1.43. The SMILES string of the molecule is CCOCc1ccc(C)cn1. The maximum absolute atomic E-state index is 5.20. The van der Waals surface area contributed by atoms with Gasteiger partial charge in [-0.2, -0.15) is 0 Å². The minimum Gasteiger partial charge on any atom is -0.375 e. The van der Waals surface area contributed by atoms with Gasteiger partial charge in [-0.3, -0.25) is 4.98 Å². The van der Waals surface area contributed by atoms with Crippen LogP contribution in [0.3, 0.4) is 0 Å². The second-order valence-corrected chi connectivity index (χ2v) is 2.46. The lowest BCUT2D eigenvalue weighted by Gasteiger charge is -1.99. The smallest absolute Gasteiger partial charge is 0.0887 e. The van der Waals surface area contributed by atoms with E-state index in [1.54, 1.807) is 0 Å². The van der Waals surface area contributed by atoms with E-state index in [1.165, 1.54) is 5.56 Å². The lowest BCUT2D eigenvalue weighted by molar-refractivity contribution is 0.131. The fourth-order valence-corrected chi connectivity index (χ4v) is 0.790. The van der Waals surface area contributed by atoms with Crippen LogP contribution in [0.4, 0.5) is 0 Å². The van der Waals surface area contributed by atoms with Gasteiger partial charge in [0.15, 0.2) is 0 Å². The van der Waals surface area contributed by atoms with E-state index in [1.807, 2.05) is 32.2 Å². The Balaban J connectivity index is 2.52. The minimum atomic E-state index is 0.622. The Morgan fingerprint density at radius 2 is 2.27 bits per heavy atom. The fourth-order valence-electron chi connectivity index (χ4n) is 0.790. The van der Waals surface area contributed by atoms with Gasteiger partial charge in [0.2, 0.25) is 0 Å². The van der Waals surface area contributed by atoms with Crippen LogP contribution in [0.5, 0.6) is 0 Å². The van der Waals surface area contributed by atoms with Crippen molar-refractivity contribution in [1.82, 2.24) is 4.98 Å². The zero-order valence-electron chi connectivity index (χ0n) is 7.00. The zero-order valence-corrected chi connectivity index (χ0v) is 7.00. The third kappa shape index (κ3) is 2.68. The molecule has 2 nitrogen and oxygen atoms in total. The van der Waals surface area contributed by atoms with Gasteiger partial charge in [0.1, 0.15) is 0 Å². The van der Waals surface area contributed by atoms with Gasteiger partial charge in [0.25, 0.3) is 0 Å². The number of ether oxygens (including phenoxy) is 1. The highest BCUT2D eigenvalue weighted by Crippen LogP contribution is 1.99. The number of hydrogen-bond acceptors (Lipinski definition) is 2. The van der Waals surface area contributed by atoms with Gasteiger partial charge in [-0.15, -0.1) is 0 Å². The first-order valence-corrected chi connectivity index (χ1v) is 3.82. The van der Waals surface area contributed by atoms with Crippen molar-refractivity contribution in [2.75, 3.05) is 6.61 Å². The summed E-state index contributed by atoms with van der Waals surface area (Å²) in [6.07, 6.45) is 1.86. The third-order valence-corrected chi connectivity index (χ3v) is 1.43. The average Bonchev–Trinajstić information content (AvgIpc) is 2.04. The van der Waals surface area contributed by atoms with E-state index < -0.39 is 0 Å². The molecule has 0 amide bonds. The van der Waals surface area contributed by atoms with Gasteiger partial charge < -0.3 is 4.74 Å². The standard InChI is InChI=1S/C9H13NO/c1-3-11-7-9-5-4-8(2)6-10-9/h4-6H,3,7H2,1-2H3. The molecule has 0 aromatic carbocycles. The first kappa shape index (κ1) is 8.21. The summed E-state index contributed by atoms with van der Waals surface area (Å²) in [4.78, 5) is 4.19. The van der Waals surface area contributed by atoms with Crippen LogP contribution in [0.2, 0.25) is 0 Å². The quantitative estimate of drug-likeness (QED) is 0.658. The Bertz CT molecular complexity index is 205. The molecule has 0 atom stereocenters. The molecule has 1 aromatic rings. The van der Waals surface area contributed by atoms with E-state index >= 15 is 0 Å². The van der Waals surface area contributed by atoms with E-state index in [-0.39, 0.29) is 0 Å². The molecular formula is C9H13NO. The van der Waals surface area contributed by atoms with E-state index in [0.717, 1.165) is 12.3 Å². The zero-order chi connectivity index (χ0) is 8.10. The normalized spacial score (nSPS) is 10.0. The molecule has 1 aromatic heterocycles. The molecule has 0 spiro atoms. The van der Waals surface area contributed by atoms with Crippen molar-refractivity contribution in [2.24, 2.45) is 0 Å². The molecule has 11 heavy (non-hydrogen) atoms. The van der Waals surface area contributed by atoms with Crippen LogP contribution in [0.25, 0.3) is 0 Å². The highest BCUT2D eigenvalue weighted by Gasteiger charge is 1.91. The summed E-state index contributed by atoms with van der Waals surface area (Å²) in [6.45, 7) is 5.37. The fraction of sp³-hybridized carbons (Fsp3) is 0.444. The van der Waals surface area contributed by atoms with Gasteiger partial charge in [-0.05, 0) is 25.5 Å². The minimum absolute atomic E-state index is 0.622. The van der Waals surface area contributed by atoms with Crippen LogP contribution in [0.15, 0.2) is 18.3 Å². The molecule has 0 saturated heterocycles. The van der Waals surface area contributed by atoms with Crippen LogP contribution in [0.1, 0.15) is 18.2 Å². The van der Waals surface area contributed by atoms with Gasteiger partial charge in [0.05, 0.1) is 12.3 Å². The number of aryl methyl sites for hydroxylation is 1. The molecule has 0 aliphatic heterocycles. The second-order valence-electron chi connectivity index (χ2n) is 2.46. The van der Waals surface area contributed by atoms with Gasteiger partial charge >= 0.3 is 0 Å². The second kappa shape index (κ2) is 4.09. The van der Waals surface area contributed by atoms with E-state index in [9.17, 15) is 0 Å². The molecule has 0 aliphatic carbocycles. The van der Waals surface area contributed by atoms with Gasteiger partial charge in [-0.25, -0.2) is 0 Å². The largest absolute Gasteiger partial charge is 0.375 e. The Hall–Kier alpha value is -0.890. The Kier molecular flexibility index (Phi) is 3.05. The predicted octanol–water partition coefficient (Wildman–Crippen LogP) is 1.93. The molecule has 2 heteroatoms. The molecule has 0 bridgehead atoms. The molecule has 0 N–H and O–H groups in total. The van der Waals surface area contributed by atoms with Crippen molar-refractivity contribution in [1.29, 1.82) is 0 Å². The molecule has 0 saturated carbocycles. The van der Waals surface area contributed by atoms with Crippen LogP contribution >= 0.6 is 0 Å². The van der Waals surface area contributed by atoms with Crippen molar-refractivity contribution < 1.29 is 4.74 Å². The van der Waals surface area contributed by atoms with Crippen LogP contribution in [-0.4, -0.2) is 11.6 Å². The van der Waals surface area contributed by atoms with Crippen molar-refractivity contribution in [3.05, 3.63) is 29.6 Å². The molecule has 0 fully saturated rings. The van der Waals surface area contributed by atoms with Crippen molar-refractivity contribution >= 4 is 0 Å². The number of nitrogens with zero attached hydrogens (tertiary/aromatic N) is 1. The summed E-state index contributed by atoms with van der Waals surface area (Å²) in [6, 6.07) is 4.03. The van der Waals surface area contributed by atoms with Crippen molar-refractivity contribution in [2.45, 2.75) is 20.5 Å². The van der Waals surface area contributed by atoms with Gasteiger partial charge in [-0.1, -0.05) is 6.07 Å². The summed E-state index contributed by atoms with van der Waals surface area (Å²) in [7, 11) is 0. The Morgan fingerprint density at radius 3 is 2.82 bits per heavy atom. The monoisotopic (exact) mass is 151 g/mol. The Morgan fingerprint density at radius 1 is 1.45 bits per heavy atom. The molecule has 0 unspecified atom stereocenters. The van der Waals surface area contributed by atoms with E-state index in [0.29, 0.717) is 6.61 Å². The molecule has 0 aliphatic rings. The van der Waals surface area contributed by atoms with Crippen molar-refractivity contribution in [3.63, 3.8) is 0 Å². The summed E-state index contributed by atoms with van der Waals surface area (Å²) in [5.41, 5.74) is 2.18. The van der Waals surface area contributed by atoms with E-state index in [4.69, 9.17) is 4.74 Å². The lowest BCUT2D eigenvalue weighted by Crippen LogP contribution is -1.94. The molecule has 1 heterocycles. The summed E-state index contributed by atoms with van der Waals surface area (Å²) in [5.74, 6) is 0. The molecule has 1 rings (SSSR count). The maximum atomic E-state index is 5.20. The summed E-state index contributed by atoms with van der Waals surface area (Å²) in [5, 5.41) is 0. The molecule has 0 radical (unpaired) electrons. The van der Waals surface area contributed by atoms with Crippen LogP contribution in [-0.2, 0) is 11.3 Å². The number of hydrogen-bond donors (Lipinski definition) is 0. The van der Waals surface area contributed by atoms with Crippen LogP contribution < -0.4 is 0 Å². The first-order valence-electron chi connectivity index (χ1n) is 3.82. The molecular weight excluding hydrogens is 138 g/mol. The number of rotatable bonds is 3. The summed E-state index contributed by atoms with van der Waals surface area (Å²) < 4.78 is 5.20. The predicted molar refractivity (Wildman–Crippen MR) is 44.3 cm³/mol. The lowest BCUT2D eigenvalue weighted by atomic mass is 10.3. The van der Waals surface area contributed by atoms with E-state index in [2.05, 4.69) is 4.98 Å². The molecule has 60 valence electrons. The van der Waals surface area contributed by atoms with Gasteiger partial charge in [0, 0.05) is 12.8 Å².